The van der Waals surface area contributed by atoms with E-state index in [-0.39, 0.29) is 11.3 Å². The average molecular weight is 621 g/mol. The second kappa shape index (κ2) is 15.7. The number of aryl methyl sites for hydroxylation is 1. The number of carbonyl (C=O) groups excluding carboxylic acids is 1. The van der Waals surface area contributed by atoms with Crippen molar-refractivity contribution >= 4 is 17.3 Å². The van der Waals surface area contributed by atoms with E-state index in [1.807, 2.05) is 6.92 Å². The van der Waals surface area contributed by atoms with Gasteiger partial charge >= 0.3 is 6.18 Å². The first-order valence-electron chi connectivity index (χ1n) is 14.0. The summed E-state index contributed by atoms with van der Waals surface area (Å²) in [6.45, 7) is 11.4. The van der Waals surface area contributed by atoms with Crippen molar-refractivity contribution in [1.29, 1.82) is 0 Å². The van der Waals surface area contributed by atoms with Gasteiger partial charge in [-0.15, -0.1) is 0 Å². The van der Waals surface area contributed by atoms with E-state index in [1.54, 1.807) is 31.8 Å². The number of alkyl halides is 3. The molecule has 0 aliphatic carbocycles. The van der Waals surface area contributed by atoms with E-state index >= 15 is 0 Å². The first kappa shape index (κ1) is 36.3. The van der Waals surface area contributed by atoms with Gasteiger partial charge in [-0.3, -0.25) is 14.5 Å². The van der Waals surface area contributed by atoms with Crippen LogP contribution in [0.5, 0.6) is 0 Å². The zero-order valence-electron chi connectivity index (χ0n) is 26.5. The summed E-state index contributed by atoms with van der Waals surface area (Å²) in [5.41, 5.74) is 7.14. The predicted octanol–water partition coefficient (Wildman–Crippen LogP) is 5.01. The van der Waals surface area contributed by atoms with Gasteiger partial charge in [-0.1, -0.05) is 12.7 Å². The molecule has 0 saturated carbocycles. The Morgan fingerprint density at radius 3 is 2.30 bits per heavy atom. The highest BCUT2D eigenvalue weighted by atomic mass is 19.4. The van der Waals surface area contributed by atoms with E-state index in [1.165, 1.54) is 49.3 Å². The molecule has 1 aromatic carbocycles. The second-order valence-corrected chi connectivity index (χ2v) is 11.0. The maximum absolute atomic E-state index is 13.5. The van der Waals surface area contributed by atoms with Gasteiger partial charge < -0.3 is 20.9 Å². The zero-order valence-corrected chi connectivity index (χ0v) is 26.5. The molecule has 2 aromatic rings. The molecule has 13 heteroatoms. The highest BCUT2D eigenvalue weighted by Gasteiger charge is 2.34. The Morgan fingerprint density at radius 1 is 1.20 bits per heavy atom. The van der Waals surface area contributed by atoms with E-state index < -0.39 is 23.5 Å². The summed E-state index contributed by atoms with van der Waals surface area (Å²) in [5, 5.41) is 7.64. The van der Waals surface area contributed by atoms with Crippen LogP contribution in [0.4, 0.5) is 23.2 Å². The van der Waals surface area contributed by atoms with Gasteiger partial charge in [0.25, 0.3) is 5.91 Å². The van der Waals surface area contributed by atoms with Crippen molar-refractivity contribution in [2.45, 2.75) is 45.8 Å². The summed E-state index contributed by atoms with van der Waals surface area (Å²) in [4.78, 5) is 17.5. The molecule has 1 amide bonds. The average Bonchev–Trinajstić information content (AvgIpc) is 3.27. The van der Waals surface area contributed by atoms with Crippen LogP contribution in [0.25, 0.3) is 5.70 Å². The minimum absolute atomic E-state index is 0.0795. The van der Waals surface area contributed by atoms with E-state index in [2.05, 4.69) is 47.9 Å². The van der Waals surface area contributed by atoms with Crippen LogP contribution in [0.2, 0.25) is 0 Å². The number of hydrogen-bond donors (Lipinski definition) is 3. The molecule has 242 valence electrons. The first-order valence-corrected chi connectivity index (χ1v) is 14.0. The summed E-state index contributed by atoms with van der Waals surface area (Å²) in [6, 6.07) is 3.03. The van der Waals surface area contributed by atoms with Crippen molar-refractivity contribution in [2.75, 3.05) is 39.5 Å². The van der Waals surface area contributed by atoms with Crippen LogP contribution in [-0.2, 0) is 18.0 Å². The first-order chi connectivity index (χ1) is 20.5. The lowest BCUT2D eigenvalue weighted by Gasteiger charge is -2.32. The Morgan fingerprint density at radius 2 is 1.82 bits per heavy atom. The number of halogens is 4. The number of carbonyl (C=O) groups is 1. The number of amides is 1. The minimum atomic E-state index is -4.90. The lowest BCUT2D eigenvalue weighted by Crippen LogP contribution is -2.40. The van der Waals surface area contributed by atoms with Crippen molar-refractivity contribution in [3.63, 3.8) is 0 Å². The quantitative estimate of drug-likeness (QED) is 0.125. The Labute approximate surface area is 257 Å². The van der Waals surface area contributed by atoms with E-state index in [0.29, 0.717) is 34.7 Å². The van der Waals surface area contributed by atoms with Crippen LogP contribution in [0.3, 0.4) is 0 Å². The van der Waals surface area contributed by atoms with E-state index in [0.717, 1.165) is 17.8 Å². The fourth-order valence-corrected chi connectivity index (χ4v) is 4.45. The third-order valence-electron chi connectivity index (χ3n) is 7.35. The molecule has 5 N–H and O–H groups in total. The van der Waals surface area contributed by atoms with Crippen molar-refractivity contribution < 1.29 is 22.4 Å². The molecule has 0 spiro atoms. The topological polar surface area (TPSA) is 109 Å². The van der Waals surface area contributed by atoms with E-state index in [4.69, 9.17) is 11.6 Å². The van der Waals surface area contributed by atoms with Gasteiger partial charge in [-0.05, 0) is 97.7 Å². The third-order valence-corrected chi connectivity index (χ3v) is 7.35. The van der Waals surface area contributed by atoms with Crippen LogP contribution >= 0.6 is 0 Å². The van der Waals surface area contributed by atoms with Crippen molar-refractivity contribution in [2.24, 2.45) is 18.6 Å². The fraction of sp³-hybridized carbons (Fsp3) is 0.419. The smallest absolute Gasteiger partial charge is 0.397 e. The maximum Gasteiger partial charge on any atom is 0.419 e. The van der Waals surface area contributed by atoms with Gasteiger partial charge in [0.05, 0.1) is 23.2 Å². The molecule has 2 heterocycles. The van der Waals surface area contributed by atoms with E-state index in [9.17, 15) is 22.4 Å². The van der Waals surface area contributed by atoms with Crippen molar-refractivity contribution in [3.05, 3.63) is 88.8 Å². The molecule has 1 aliphatic rings. The molecular weight excluding hydrogens is 576 g/mol. The van der Waals surface area contributed by atoms with Crippen LogP contribution in [0, 0.1) is 12.7 Å². The molecule has 1 aromatic heterocycles. The lowest BCUT2D eigenvalue weighted by atomic mass is 10.1. The SMILES string of the molecule is C=C(C)/C(=C\C(=C/C)C(=O)Nc1ccc(F)c(C(F)(F)F)c1)N(N)/C=C(\N)c1cnn(C)c1C.CN1CCC(N(C)C)CC1. The minimum Gasteiger partial charge on any atom is -0.397 e. The Balaban J connectivity index is 0.000000569. The Kier molecular flexibility index (Phi) is 12.9. The molecule has 1 fully saturated rings. The molecule has 1 aliphatic heterocycles. The van der Waals surface area contributed by atoms with Gasteiger partial charge in [0.2, 0.25) is 0 Å². The number of hydrazine groups is 1. The molecule has 1 saturated heterocycles. The van der Waals surface area contributed by atoms with Crippen LogP contribution in [0.15, 0.2) is 66.2 Å². The number of aromatic nitrogens is 2. The number of piperidine rings is 1. The largest absolute Gasteiger partial charge is 0.419 e. The number of hydrogen-bond acceptors (Lipinski definition) is 7. The monoisotopic (exact) mass is 620 g/mol. The third kappa shape index (κ3) is 10.1. The summed E-state index contributed by atoms with van der Waals surface area (Å²) in [5.74, 6) is 3.98. The maximum atomic E-state index is 13.5. The number of nitrogens with one attached hydrogen (secondary N) is 1. The molecule has 0 radical (unpaired) electrons. The van der Waals surface area contributed by atoms with Gasteiger partial charge in [-0.2, -0.15) is 18.3 Å². The molecule has 9 nitrogen and oxygen atoms in total. The van der Waals surface area contributed by atoms with Gasteiger partial charge in [-0.25, -0.2) is 10.2 Å². The number of benzene rings is 1. The van der Waals surface area contributed by atoms with Gasteiger partial charge in [0, 0.05) is 41.8 Å². The summed E-state index contributed by atoms with van der Waals surface area (Å²) in [6.07, 6.45) is 3.64. The van der Waals surface area contributed by atoms with Crippen molar-refractivity contribution in [1.82, 2.24) is 24.6 Å². The molecule has 0 bridgehead atoms. The van der Waals surface area contributed by atoms with Crippen molar-refractivity contribution in [3.8, 4) is 0 Å². The van der Waals surface area contributed by atoms with Crippen LogP contribution in [0.1, 0.15) is 43.5 Å². The standard InChI is InChI=1S/C23H26F4N6O.C8H18N2/c1-6-15(22(34)31-16-7-8-19(24)18(10-16)23(25,26)27)9-21(13(2)3)33(29)12-20(28)17-11-30-32(5)14(17)4;1-9(2)8-4-6-10(3)7-5-8/h6-12H,2,28-29H2,1,3-5H3,(H,31,34);8H,4-7H2,1-3H3/b15-6+,20-12-,21-9+;. The number of nitrogens with two attached hydrogens (primary N) is 2. The highest BCUT2D eigenvalue weighted by Crippen LogP contribution is 2.33. The number of likely N-dealkylation sites (tertiary alicyclic amines) is 1. The number of nitrogens with zero attached hydrogens (tertiary/aromatic N) is 5. The van der Waals surface area contributed by atoms with Crippen LogP contribution < -0.4 is 16.9 Å². The summed E-state index contributed by atoms with van der Waals surface area (Å²) >= 11 is 0. The molecular formula is C31H44F4N8O. The normalized spacial score (nSPS) is 15.6. The summed E-state index contributed by atoms with van der Waals surface area (Å²) in [7, 11) is 8.32. The predicted molar refractivity (Wildman–Crippen MR) is 167 cm³/mol. The molecule has 44 heavy (non-hydrogen) atoms. The lowest BCUT2D eigenvalue weighted by molar-refractivity contribution is -0.140. The Bertz CT molecular complexity index is 1400. The second-order valence-electron chi connectivity index (χ2n) is 11.0. The summed E-state index contributed by atoms with van der Waals surface area (Å²) < 4.78 is 54.1. The fourth-order valence-electron chi connectivity index (χ4n) is 4.45. The van der Waals surface area contributed by atoms with Gasteiger partial charge in [0.15, 0.2) is 0 Å². The molecule has 0 unspecified atom stereocenters. The number of allylic oxidation sites excluding steroid dienone is 2. The van der Waals surface area contributed by atoms with Gasteiger partial charge in [0.1, 0.15) is 5.82 Å². The highest BCUT2D eigenvalue weighted by molar-refractivity contribution is 6.05. The zero-order chi connectivity index (χ0) is 33.4. The number of rotatable bonds is 8. The molecule has 0 atom stereocenters. The Hall–Kier alpha value is -3.94. The number of anilines is 1. The molecule has 3 rings (SSSR count). The van der Waals surface area contributed by atoms with Crippen LogP contribution in [-0.4, -0.2) is 70.8 Å².